The monoisotopic (exact) mass is 421 g/mol. The molecule has 0 bridgehead atoms. The maximum Gasteiger partial charge on any atom is 0.161 e. The number of likely N-dealkylation sites (tertiary alicyclic amines) is 1. The standard InChI is InChI=1S/C23H26FN5.C2H6/c1-16(2)21-26-14-20-23(27-19-8-5-11-25-22(19)29(20)21)9-12-28(13-10-23)15-17-6-3-4-7-18(17)24;1-2/h3-8,11,14,16,27H,9-10,12-13,15H2,1-2H3;1-2H3. The number of aromatic nitrogens is 3. The van der Waals surface area contributed by atoms with E-state index in [1.165, 1.54) is 5.69 Å². The molecule has 1 fully saturated rings. The third kappa shape index (κ3) is 3.85. The van der Waals surface area contributed by atoms with Crippen LogP contribution in [0, 0.1) is 5.82 Å². The molecule has 1 N–H and O–H groups in total. The highest BCUT2D eigenvalue weighted by molar-refractivity contribution is 5.63. The lowest BCUT2D eigenvalue weighted by Crippen LogP contribution is -2.49. The van der Waals surface area contributed by atoms with Gasteiger partial charge in [0, 0.05) is 37.3 Å². The Labute approximate surface area is 184 Å². The molecule has 6 heteroatoms. The average Bonchev–Trinajstić information content (AvgIpc) is 3.25. The number of benzene rings is 1. The summed E-state index contributed by atoms with van der Waals surface area (Å²) in [5.74, 6) is 2.18. The highest BCUT2D eigenvalue weighted by atomic mass is 19.1. The Balaban J connectivity index is 0.00000112. The van der Waals surface area contributed by atoms with Crippen molar-refractivity contribution in [1.29, 1.82) is 0 Å². The second-order valence-electron chi connectivity index (χ2n) is 8.44. The summed E-state index contributed by atoms with van der Waals surface area (Å²) in [6.45, 7) is 10.8. The van der Waals surface area contributed by atoms with Crippen molar-refractivity contribution in [2.75, 3.05) is 18.4 Å². The van der Waals surface area contributed by atoms with Gasteiger partial charge in [0.2, 0.25) is 0 Å². The minimum absolute atomic E-state index is 0.122. The van der Waals surface area contributed by atoms with Crippen molar-refractivity contribution in [2.24, 2.45) is 0 Å². The first kappa shape index (κ1) is 21.5. The number of nitrogens with zero attached hydrogens (tertiary/aromatic N) is 4. The number of rotatable bonds is 3. The van der Waals surface area contributed by atoms with Crippen LogP contribution in [0.5, 0.6) is 0 Å². The summed E-state index contributed by atoms with van der Waals surface area (Å²) >= 11 is 0. The Kier molecular flexibility index (Phi) is 6.10. The van der Waals surface area contributed by atoms with Gasteiger partial charge in [-0.15, -0.1) is 0 Å². The minimum Gasteiger partial charge on any atom is -0.371 e. The van der Waals surface area contributed by atoms with Gasteiger partial charge in [0.25, 0.3) is 0 Å². The zero-order chi connectivity index (χ0) is 22.0. The maximum atomic E-state index is 14.1. The van der Waals surface area contributed by atoms with Gasteiger partial charge >= 0.3 is 0 Å². The van der Waals surface area contributed by atoms with E-state index in [0.29, 0.717) is 12.5 Å². The van der Waals surface area contributed by atoms with Crippen molar-refractivity contribution in [1.82, 2.24) is 19.4 Å². The van der Waals surface area contributed by atoms with E-state index in [1.807, 2.05) is 44.4 Å². The SMILES string of the molecule is CC.CC(C)c1ncc2n1-c1ncccc1NC21CCN(Cc2ccccc2F)CC1. The molecule has 0 unspecified atom stereocenters. The summed E-state index contributed by atoms with van der Waals surface area (Å²) < 4.78 is 16.3. The highest BCUT2D eigenvalue weighted by Crippen LogP contribution is 2.44. The highest BCUT2D eigenvalue weighted by Gasteiger charge is 2.43. The Morgan fingerprint density at radius 1 is 1.06 bits per heavy atom. The molecule has 0 amide bonds. The van der Waals surface area contributed by atoms with E-state index >= 15 is 0 Å². The third-order valence-corrected chi connectivity index (χ3v) is 6.23. The van der Waals surface area contributed by atoms with E-state index in [-0.39, 0.29) is 11.4 Å². The van der Waals surface area contributed by atoms with Gasteiger partial charge in [-0.1, -0.05) is 45.9 Å². The third-order valence-electron chi connectivity index (χ3n) is 6.23. The van der Waals surface area contributed by atoms with Crippen LogP contribution in [0.25, 0.3) is 5.82 Å². The van der Waals surface area contributed by atoms with Gasteiger partial charge in [-0.25, -0.2) is 14.4 Å². The summed E-state index contributed by atoms with van der Waals surface area (Å²) in [4.78, 5) is 11.7. The maximum absolute atomic E-state index is 14.1. The lowest BCUT2D eigenvalue weighted by molar-refractivity contribution is 0.160. The number of nitrogens with one attached hydrogen (secondary N) is 1. The van der Waals surface area contributed by atoms with Crippen LogP contribution >= 0.6 is 0 Å². The number of halogens is 1. The minimum atomic E-state index is -0.165. The van der Waals surface area contributed by atoms with E-state index in [2.05, 4.69) is 39.7 Å². The summed E-state index contributed by atoms with van der Waals surface area (Å²) in [5.41, 5.74) is 2.85. The molecule has 5 rings (SSSR count). The van der Waals surface area contributed by atoms with Crippen LogP contribution < -0.4 is 5.32 Å². The van der Waals surface area contributed by atoms with Crippen LogP contribution in [-0.2, 0) is 12.1 Å². The Bertz CT molecular complexity index is 1030. The van der Waals surface area contributed by atoms with Crippen molar-refractivity contribution < 1.29 is 4.39 Å². The predicted molar refractivity (Wildman–Crippen MR) is 123 cm³/mol. The van der Waals surface area contributed by atoms with Crippen molar-refractivity contribution in [3.8, 4) is 5.82 Å². The molecule has 2 aliphatic heterocycles. The van der Waals surface area contributed by atoms with Crippen LogP contribution in [0.2, 0.25) is 0 Å². The van der Waals surface area contributed by atoms with Crippen LogP contribution in [0.4, 0.5) is 10.1 Å². The van der Waals surface area contributed by atoms with E-state index in [9.17, 15) is 4.39 Å². The normalized spacial score (nSPS) is 16.8. The zero-order valence-electron chi connectivity index (χ0n) is 18.9. The Morgan fingerprint density at radius 2 is 1.81 bits per heavy atom. The number of piperidine rings is 1. The van der Waals surface area contributed by atoms with Crippen LogP contribution in [0.1, 0.15) is 63.5 Å². The van der Waals surface area contributed by atoms with Crippen molar-refractivity contribution >= 4 is 5.69 Å². The molecular formula is C25H32FN5. The van der Waals surface area contributed by atoms with Crippen LogP contribution in [-0.4, -0.2) is 32.5 Å². The number of hydrogen-bond acceptors (Lipinski definition) is 4. The lowest BCUT2D eigenvalue weighted by atomic mass is 9.82. The smallest absolute Gasteiger partial charge is 0.161 e. The quantitative estimate of drug-likeness (QED) is 0.609. The van der Waals surface area contributed by atoms with Gasteiger partial charge in [-0.2, -0.15) is 0 Å². The fourth-order valence-corrected chi connectivity index (χ4v) is 4.67. The van der Waals surface area contributed by atoms with Crippen molar-refractivity contribution in [3.05, 3.63) is 71.7 Å². The Morgan fingerprint density at radius 3 is 2.52 bits per heavy atom. The molecule has 1 spiro atoms. The van der Waals surface area contributed by atoms with Crippen molar-refractivity contribution in [2.45, 2.75) is 58.5 Å². The number of imidazole rings is 1. The summed E-state index contributed by atoms with van der Waals surface area (Å²) in [5, 5.41) is 3.79. The molecule has 1 saturated heterocycles. The molecule has 0 radical (unpaired) electrons. The fourth-order valence-electron chi connectivity index (χ4n) is 4.67. The molecule has 0 atom stereocenters. The van der Waals surface area contributed by atoms with Gasteiger partial charge < -0.3 is 5.32 Å². The number of anilines is 1. The van der Waals surface area contributed by atoms with E-state index < -0.39 is 0 Å². The van der Waals surface area contributed by atoms with Gasteiger partial charge in [0.05, 0.1) is 23.1 Å². The summed E-state index contributed by atoms with van der Waals surface area (Å²) in [6.07, 6.45) is 5.74. The van der Waals surface area contributed by atoms with Crippen molar-refractivity contribution in [3.63, 3.8) is 0 Å². The molecule has 3 aromatic rings. The van der Waals surface area contributed by atoms with Crippen LogP contribution in [0.3, 0.4) is 0 Å². The topological polar surface area (TPSA) is 46.0 Å². The summed E-state index contributed by atoms with van der Waals surface area (Å²) in [6, 6.07) is 11.1. The largest absolute Gasteiger partial charge is 0.371 e. The molecule has 1 aromatic carbocycles. The van der Waals surface area contributed by atoms with Crippen LogP contribution in [0.15, 0.2) is 48.8 Å². The second-order valence-corrected chi connectivity index (χ2v) is 8.44. The molecule has 5 nitrogen and oxygen atoms in total. The summed E-state index contributed by atoms with van der Waals surface area (Å²) in [7, 11) is 0. The van der Waals surface area contributed by atoms with Gasteiger partial charge in [-0.3, -0.25) is 9.47 Å². The lowest BCUT2D eigenvalue weighted by Gasteiger charge is -2.45. The number of hydrogen-bond donors (Lipinski definition) is 1. The van der Waals surface area contributed by atoms with Gasteiger partial charge in [0.1, 0.15) is 11.6 Å². The first-order chi connectivity index (χ1) is 15.1. The van der Waals surface area contributed by atoms with E-state index in [4.69, 9.17) is 4.98 Å². The first-order valence-electron chi connectivity index (χ1n) is 11.3. The number of pyridine rings is 1. The molecule has 0 saturated carbocycles. The molecule has 4 heterocycles. The second kappa shape index (κ2) is 8.79. The predicted octanol–water partition coefficient (Wildman–Crippen LogP) is 5.47. The molecule has 31 heavy (non-hydrogen) atoms. The van der Waals surface area contributed by atoms with E-state index in [1.54, 1.807) is 12.1 Å². The fraction of sp³-hybridized carbons (Fsp3) is 0.440. The molecule has 2 aliphatic rings. The molecular weight excluding hydrogens is 389 g/mol. The molecule has 164 valence electrons. The van der Waals surface area contributed by atoms with Gasteiger partial charge in [-0.05, 0) is 31.0 Å². The first-order valence-corrected chi connectivity index (χ1v) is 11.3. The Hall–Kier alpha value is -2.73. The van der Waals surface area contributed by atoms with E-state index in [0.717, 1.165) is 48.8 Å². The average molecular weight is 422 g/mol. The zero-order valence-corrected chi connectivity index (χ0v) is 18.9. The molecule has 2 aromatic heterocycles. The number of fused-ring (bicyclic) bond motifs is 4. The molecule has 0 aliphatic carbocycles. The van der Waals surface area contributed by atoms with Gasteiger partial charge in [0.15, 0.2) is 5.82 Å².